The summed E-state index contributed by atoms with van der Waals surface area (Å²) in [5.41, 5.74) is 0. The van der Waals surface area contributed by atoms with Gasteiger partial charge in [0.1, 0.15) is 0 Å². The Bertz CT molecular complexity index is 399. The van der Waals surface area contributed by atoms with Crippen LogP contribution >= 0.6 is 33.2 Å². The summed E-state index contributed by atoms with van der Waals surface area (Å²) in [5.74, 6) is 0. The Kier molecular flexibility index (Phi) is 16.9. The summed E-state index contributed by atoms with van der Waals surface area (Å²) in [6.45, 7) is -1.46. The molecule has 0 unspecified atom stereocenters. The second-order valence-corrected chi connectivity index (χ2v) is 10.0. The van der Waals surface area contributed by atoms with Crippen LogP contribution < -0.4 is 0 Å². The molecule has 1 radical (unpaired) electrons. The van der Waals surface area contributed by atoms with Crippen molar-refractivity contribution in [3.05, 3.63) is 30.3 Å². The van der Waals surface area contributed by atoms with Gasteiger partial charge in [0.2, 0.25) is 0 Å². The Hall–Kier alpha value is -0.135. The third kappa shape index (κ3) is 19.4. The van der Waals surface area contributed by atoms with Crippen LogP contribution in [0.2, 0.25) is 0 Å². The molecule has 3 nitrogen and oxygen atoms in total. The van der Waals surface area contributed by atoms with Gasteiger partial charge in [-0.2, -0.15) is 18.2 Å². The van der Waals surface area contributed by atoms with E-state index in [1.807, 2.05) is 30.3 Å². The Labute approximate surface area is 113 Å². The van der Waals surface area contributed by atoms with E-state index in [0.29, 0.717) is 0 Å². The average molecular weight is 380 g/mol. The summed E-state index contributed by atoms with van der Waals surface area (Å²) < 4.78 is 3.82. The van der Waals surface area contributed by atoms with E-state index in [1.165, 1.54) is 12.8 Å². The molecule has 0 saturated carbocycles. The summed E-state index contributed by atoms with van der Waals surface area (Å²) in [6.07, 6.45) is 0. The summed E-state index contributed by atoms with van der Waals surface area (Å²) >= 11 is 11.9. The van der Waals surface area contributed by atoms with Gasteiger partial charge in [-0.1, -0.05) is 0 Å². The van der Waals surface area contributed by atoms with Gasteiger partial charge in [0.25, 0.3) is 0 Å². The van der Waals surface area contributed by atoms with Crippen molar-refractivity contribution < 1.29 is 30.3 Å². The zero-order valence-corrected chi connectivity index (χ0v) is 12.9. The fourth-order valence-electron chi connectivity index (χ4n) is 0.372. The van der Waals surface area contributed by atoms with Gasteiger partial charge in [-0.3, -0.25) is 0 Å². The second kappa shape index (κ2) is 14.9. The Morgan fingerprint density at radius 2 is 1.25 bits per heavy atom. The molecule has 1 aromatic rings. The molecule has 0 saturated heterocycles. The fraction of sp³-hybridized carbons (Fsp3) is 0. The predicted molar refractivity (Wildman–Crippen MR) is 62.4 cm³/mol. The third-order valence-electron chi connectivity index (χ3n) is 0.806. The maximum atomic E-state index is 9.39. The number of carbonyl (C=O) groups excluding carboxylic acids is 3. The minimum atomic E-state index is -2.85. The molecule has 0 spiro atoms. The van der Waals surface area contributed by atoms with Crippen LogP contribution in [0.3, 0.4) is 0 Å². The Morgan fingerprint density at radius 1 is 0.938 bits per heavy atom. The van der Waals surface area contributed by atoms with Crippen molar-refractivity contribution in [1.29, 1.82) is 0 Å². The van der Waals surface area contributed by atoms with Gasteiger partial charge < -0.3 is 0 Å². The van der Waals surface area contributed by atoms with Gasteiger partial charge in [-0.25, -0.2) is 12.1 Å². The largest absolute Gasteiger partial charge is 0.214 e. The summed E-state index contributed by atoms with van der Waals surface area (Å²) in [4.78, 5) is 28.2. The molecule has 0 aliphatic rings. The Balaban J connectivity index is 0. The molecule has 0 aliphatic carbocycles. The smallest absolute Gasteiger partial charge is 0.172 e. The molecule has 16 heavy (non-hydrogen) atoms. The maximum absolute atomic E-state index is 9.39. The van der Waals surface area contributed by atoms with Crippen LogP contribution in [0, 0.1) is 0 Å². The minimum Gasteiger partial charge on any atom is -0.214 e. The van der Waals surface area contributed by atoms with E-state index in [-0.39, 0.29) is 0 Å². The molecular formula is C8H5Cl3MoO3Si-. The summed E-state index contributed by atoms with van der Waals surface area (Å²) in [6, 6.07) is 10.0. The first-order valence-corrected chi connectivity index (χ1v) is 11.0. The second-order valence-electron chi connectivity index (χ2n) is 1.73. The topological polar surface area (TPSA) is 51.2 Å². The van der Waals surface area contributed by atoms with Gasteiger partial charge >= 0.3 is 49.8 Å². The molecule has 0 aromatic heterocycles. The van der Waals surface area contributed by atoms with Gasteiger partial charge in [-0.15, -0.1) is 33.2 Å². The van der Waals surface area contributed by atoms with Crippen LogP contribution in [-0.2, 0) is 30.3 Å². The predicted octanol–water partition coefficient (Wildman–Crippen LogP) is 1.90. The van der Waals surface area contributed by atoms with Crippen molar-refractivity contribution in [3.63, 3.8) is 0 Å². The van der Waals surface area contributed by atoms with Crippen molar-refractivity contribution in [3.8, 4) is 0 Å². The molecule has 8 heteroatoms. The first-order chi connectivity index (χ1) is 7.58. The van der Waals surface area contributed by atoms with E-state index >= 15 is 0 Å². The first-order valence-electron chi connectivity index (χ1n) is 3.46. The molecule has 87 valence electrons. The molecule has 0 amide bonds. The van der Waals surface area contributed by atoms with Crippen LogP contribution in [-0.4, -0.2) is 19.5 Å². The number of rotatable bonds is 0. The van der Waals surface area contributed by atoms with Gasteiger partial charge in [0.05, 0.1) is 0 Å². The molecule has 1 aromatic carbocycles. The van der Waals surface area contributed by atoms with Gasteiger partial charge in [-0.05, 0) is 0 Å². The van der Waals surface area contributed by atoms with Gasteiger partial charge in [0.15, 0.2) is 0 Å². The standard InChI is InChI=1S/C5H5.3CO.Cl3Si.Mo/c1-2-4-5-3-1;3*1-2;1-4(2)3;/h1-5H;;;;;/q-1;;;;;. The SMILES string of the molecule is Cl[Si](Cl)Cl.O=[C]=[Mo](=[C]=O)=[C]=O.c1cc[cH-]c1. The first kappa shape index (κ1) is 18.2. The maximum Gasteiger partial charge on any atom is -0.172 e. The zero-order valence-electron chi connectivity index (χ0n) is 7.65. The van der Waals surface area contributed by atoms with Crippen LogP contribution in [0.25, 0.3) is 0 Å². The molecule has 0 bridgehead atoms. The molecular weight excluding hydrogens is 374 g/mol. The molecule has 1 rings (SSSR count). The van der Waals surface area contributed by atoms with Crippen molar-refractivity contribution in [2.75, 3.05) is 0 Å². The normalized spacial score (nSPS) is 7.00. The van der Waals surface area contributed by atoms with E-state index in [2.05, 4.69) is 0 Å². The van der Waals surface area contributed by atoms with E-state index in [4.69, 9.17) is 33.2 Å². The van der Waals surface area contributed by atoms with Gasteiger partial charge in [0, 0.05) is 0 Å². The van der Waals surface area contributed by atoms with Crippen molar-refractivity contribution in [2.24, 2.45) is 0 Å². The summed E-state index contributed by atoms with van der Waals surface area (Å²) in [5, 5.41) is 0. The van der Waals surface area contributed by atoms with Crippen molar-refractivity contribution >= 4 is 52.8 Å². The molecule has 0 atom stereocenters. The van der Waals surface area contributed by atoms with E-state index < -0.39 is 22.7 Å². The molecule has 0 N–H and O–H groups in total. The Morgan fingerprint density at radius 3 is 1.31 bits per heavy atom. The number of halogens is 3. The molecule has 0 heterocycles. The number of hydrogen-bond donors (Lipinski definition) is 0. The van der Waals surface area contributed by atoms with Crippen LogP contribution in [0.1, 0.15) is 0 Å². The van der Waals surface area contributed by atoms with Crippen molar-refractivity contribution in [2.45, 2.75) is 0 Å². The van der Waals surface area contributed by atoms with E-state index in [1.54, 1.807) is 0 Å². The van der Waals surface area contributed by atoms with Crippen molar-refractivity contribution in [1.82, 2.24) is 0 Å². The quantitative estimate of drug-likeness (QED) is 0.393. The number of hydrogen-bond acceptors (Lipinski definition) is 3. The molecule has 0 fully saturated rings. The van der Waals surface area contributed by atoms with E-state index in [0.717, 1.165) is 0 Å². The summed E-state index contributed by atoms with van der Waals surface area (Å²) in [7, 11) is 0. The monoisotopic (exact) mass is 380 g/mol. The van der Waals surface area contributed by atoms with E-state index in [9.17, 15) is 14.4 Å². The zero-order chi connectivity index (χ0) is 12.8. The average Bonchev–Trinajstić information content (AvgIpc) is 2.77. The fourth-order valence-corrected chi connectivity index (χ4v) is 0.623. The minimum absolute atomic E-state index is 1.27. The van der Waals surface area contributed by atoms with Crippen LogP contribution in [0.5, 0.6) is 0 Å². The third-order valence-corrected chi connectivity index (χ3v) is 2.03. The van der Waals surface area contributed by atoms with Crippen LogP contribution in [0.4, 0.5) is 0 Å². The molecule has 0 aliphatic heterocycles. The van der Waals surface area contributed by atoms with Crippen LogP contribution in [0.15, 0.2) is 30.3 Å².